The molecule has 18 heavy (non-hydrogen) atoms. The first-order valence-electron chi connectivity index (χ1n) is 5.81. The van der Waals surface area contributed by atoms with Crippen LogP contribution in [0.4, 0.5) is 11.8 Å². The number of aromatic nitrogens is 4. The zero-order chi connectivity index (χ0) is 13.3. The second-order valence-electron chi connectivity index (χ2n) is 4.39. The summed E-state index contributed by atoms with van der Waals surface area (Å²) in [5.74, 6) is 1.05. The van der Waals surface area contributed by atoms with Gasteiger partial charge in [-0.15, -0.1) is 0 Å². The fourth-order valence-electron chi connectivity index (χ4n) is 1.88. The fraction of sp³-hybridized carbons (Fsp3) is 0.417. The molecule has 6 nitrogen and oxygen atoms in total. The number of aryl methyl sites for hydroxylation is 3. The summed E-state index contributed by atoms with van der Waals surface area (Å²) in [5, 5.41) is 7.66. The summed E-state index contributed by atoms with van der Waals surface area (Å²) in [7, 11) is 1.94. The van der Waals surface area contributed by atoms with Crippen LogP contribution < -0.4 is 11.1 Å². The van der Waals surface area contributed by atoms with E-state index in [1.807, 2.05) is 25.6 Å². The van der Waals surface area contributed by atoms with Gasteiger partial charge in [0, 0.05) is 36.6 Å². The lowest BCUT2D eigenvalue weighted by Gasteiger charge is -2.09. The molecule has 96 valence electrons. The van der Waals surface area contributed by atoms with Crippen LogP contribution in [-0.4, -0.2) is 19.7 Å². The van der Waals surface area contributed by atoms with E-state index in [-0.39, 0.29) is 5.95 Å². The van der Waals surface area contributed by atoms with E-state index in [2.05, 4.69) is 27.3 Å². The summed E-state index contributed by atoms with van der Waals surface area (Å²) in [4.78, 5) is 8.13. The van der Waals surface area contributed by atoms with Crippen LogP contribution in [0.15, 0.2) is 6.20 Å². The Labute approximate surface area is 106 Å². The molecule has 0 aromatic carbocycles. The predicted octanol–water partition coefficient (Wildman–Crippen LogP) is 1.33. The average Bonchev–Trinajstić information content (AvgIpc) is 2.55. The molecule has 0 saturated heterocycles. The highest BCUT2D eigenvalue weighted by Crippen LogP contribution is 2.16. The first-order valence-corrected chi connectivity index (χ1v) is 5.81. The summed E-state index contributed by atoms with van der Waals surface area (Å²) >= 11 is 0. The Morgan fingerprint density at radius 1 is 1.33 bits per heavy atom. The van der Waals surface area contributed by atoms with Crippen LogP contribution in [0.2, 0.25) is 0 Å². The molecule has 2 aromatic heterocycles. The molecule has 0 spiro atoms. The molecule has 0 saturated carbocycles. The molecule has 0 aliphatic heterocycles. The number of anilines is 2. The maximum atomic E-state index is 5.58. The maximum absolute atomic E-state index is 5.58. The zero-order valence-electron chi connectivity index (χ0n) is 11.2. The van der Waals surface area contributed by atoms with E-state index in [1.165, 1.54) is 5.56 Å². The van der Waals surface area contributed by atoms with Gasteiger partial charge in [0.15, 0.2) is 0 Å². The molecule has 0 bridgehead atoms. The van der Waals surface area contributed by atoms with Crippen LogP contribution in [0.1, 0.15) is 22.5 Å². The van der Waals surface area contributed by atoms with E-state index in [9.17, 15) is 0 Å². The molecule has 6 heteroatoms. The Bertz CT molecular complexity index is 572. The number of nitrogens with one attached hydrogen (secondary N) is 1. The van der Waals surface area contributed by atoms with Gasteiger partial charge in [-0.1, -0.05) is 0 Å². The number of nitrogens with two attached hydrogens (primary N) is 1. The van der Waals surface area contributed by atoms with Crippen LogP contribution in [-0.2, 0) is 13.6 Å². The van der Waals surface area contributed by atoms with Gasteiger partial charge < -0.3 is 11.1 Å². The van der Waals surface area contributed by atoms with E-state index in [0.717, 1.165) is 22.8 Å². The lowest BCUT2D eigenvalue weighted by molar-refractivity contribution is 0.730. The first-order chi connectivity index (χ1) is 8.49. The van der Waals surface area contributed by atoms with Crippen molar-refractivity contribution in [2.45, 2.75) is 27.3 Å². The Morgan fingerprint density at radius 2 is 2.06 bits per heavy atom. The van der Waals surface area contributed by atoms with Crippen molar-refractivity contribution in [1.29, 1.82) is 0 Å². The third-order valence-corrected chi connectivity index (χ3v) is 3.08. The van der Waals surface area contributed by atoms with E-state index in [0.29, 0.717) is 6.54 Å². The smallest absolute Gasteiger partial charge is 0.221 e. The highest BCUT2D eigenvalue weighted by molar-refractivity contribution is 5.46. The average molecular weight is 246 g/mol. The lowest BCUT2D eigenvalue weighted by atomic mass is 10.2. The minimum atomic E-state index is 0.280. The van der Waals surface area contributed by atoms with Gasteiger partial charge >= 0.3 is 0 Å². The molecule has 0 fully saturated rings. The minimum Gasteiger partial charge on any atom is -0.368 e. The third kappa shape index (κ3) is 2.27. The largest absolute Gasteiger partial charge is 0.368 e. The van der Waals surface area contributed by atoms with Crippen LogP contribution in [0, 0.1) is 20.8 Å². The summed E-state index contributed by atoms with van der Waals surface area (Å²) in [6.45, 7) is 6.69. The highest BCUT2D eigenvalue weighted by atomic mass is 15.3. The van der Waals surface area contributed by atoms with Crippen LogP contribution in [0.25, 0.3) is 0 Å². The first kappa shape index (κ1) is 12.3. The molecule has 0 atom stereocenters. The Kier molecular flexibility index (Phi) is 3.18. The standard InChI is InChI=1S/C12H18N6/c1-7-5-15-12(13)16-11(7)14-6-10-8(2)17-18(4)9(10)3/h5H,6H2,1-4H3,(H3,13,14,15,16). The van der Waals surface area contributed by atoms with Gasteiger partial charge in [-0.3, -0.25) is 4.68 Å². The van der Waals surface area contributed by atoms with Gasteiger partial charge in [0.25, 0.3) is 0 Å². The van der Waals surface area contributed by atoms with E-state index >= 15 is 0 Å². The zero-order valence-corrected chi connectivity index (χ0v) is 11.2. The van der Waals surface area contributed by atoms with Crippen molar-refractivity contribution in [2.24, 2.45) is 7.05 Å². The van der Waals surface area contributed by atoms with Crippen LogP contribution in [0.3, 0.4) is 0 Å². The lowest BCUT2D eigenvalue weighted by Crippen LogP contribution is -2.07. The number of hydrogen-bond acceptors (Lipinski definition) is 5. The third-order valence-electron chi connectivity index (χ3n) is 3.08. The molecule has 0 aliphatic rings. The molecule has 0 unspecified atom stereocenters. The van der Waals surface area contributed by atoms with Crippen molar-refractivity contribution < 1.29 is 0 Å². The van der Waals surface area contributed by atoms with Crippen molar-refractivity contribution in [2.75, 3.05) is 11.1 Å². The van der Waals surface area contributed by atoms with E-state index in [4.69, 9.17) is 5.73 Å². The van der Waals surface area contributed by atoms with Crippen LogP contribution >= 0.6 is 0 Å². The predicted molar refractivity (Wildman–Crippen MR) is 71.2 cm³/mol. The molecule has 3 N–H and O–H groups in total. The summed E-state index contributed by atoms with van der Waals surface area (Å²) in [6, 6.07) is 0. The van der Waals surface area contributed by atoms with E-state index < -0.39 is 0 Å². The molecular weight excluding hydrogens is 228 g/mol. The minimum absolute atomic E-state index is 0.280. The normalized spacial score (nSPS) is 10.7. The number of nitrogen functional groups attached to an aromatic ring is 1. The van der Waals surface area contributed by atoms with Crippen molar-refractivity contribution in [3.63, 3.8) is 0 Å². The van der Waals surface area contributed by atoms with Gasteiger partial charge in [0.1, 0.15) is 5.82 Å². The molecule has 2 heterocycles. The van der Waals surface area contributed by atoms with Crippen molar-refractivity contribution in [1.82, 2.24) is 19.7 Å². The summed E-state index contributed by atoms with van der Waals surface area (Å²) < 4.78 is 1.88. The number of nitrogens with zero attached hydrogens (tertiary/aromatic N) is 4. The van der Waals surface area contributed by atoms with Gasteiger partial charge in [0.2, 0.25) is 5.95 Å². The monoisotopic (exact) mass is 246 g/mol. The Balaban J connectivity index is 2.19. The van der Waals surface area contributed by atoms with Gasteiger partial charge in [-0.25, -0.2) is 4.98 Å². The number of hydrogen-bond donors (Lipinski definition) is 2. The molecule has 2 rings (SSSR count). The molecule has 0 aliphatic carbocycles. The second-order valence-corrected chi connectivity index (χ2v) is 4.39. The maximum Gasteiger partial charge on any atom is 0.221 e. The molecular formula is C12H18N6. The van der Waals surface area contributed by atoms with E-state index in [1.54, 1.807) is 6.20 Å². The Morgan fingerprint density at radius 3 is 2.67 bits per heavy atom. The van der Waals surface area contributed by atoms with Crippen molar-refractivity contribution >= 4 is 11.8 Å². The summed E-state index contributed by atoms with van der Waals surface area (Å²) in [6.07, 6.45) is 1.72. The number of rotatable bonds is 3. The fourth-order valence-corrected chi connectivity index (χ4v) is 1.88. The van der Waals surface area contributed by atoms with Crippen molar-refractivity contribution in [3.05, 3.63) is 28.7 Å². The van der Waals surface area contributed by atoms with Gasteiger partial charge in [-0.2, -0.15) is 10.1 Å². The second kappa shape index (κ2) is 4.64. The SMILES string of the molecule is Cc1cnc(N)nc1NCc1c(C)nn(C)c1C. The topological polar surface area (TPSA) is 81.7 Å². The van der Waals surface area contributed by atoms with Gasteiger partial charge in [-0.05, 0) is 20.8 Å². The molecule has 0 radical (unpaired) electrons. The van der Waals surface area contributed by atoms with Crippen LogP contribution in [0.5, 0.6) is 0 Å². The quantitative estimate of drug-likeness (QED) is 0.853. The van der Waals surface area contributed by atoms with Crippen molar-refractivity contribution in [3.8, 4) is 0 Å². The Hall–Kier alpha value is -2.11. The molecule has 0 amide bonds. The highest BCUT2D eigenvalue weighted by Gasteiger charge is 2.10. The molecule has 2 aromatic rings. The summed E-state index contributed by atoms with van der Waals surface area (Å²) in [5.41, 5.74) is 9.93. The van der Waals surface area contributed by atoms with Gasteiger partial charge in [0.05, 0.1) is 5.69 Å².